The maximum atomic E-state index is 14.8. The van der Waals surface area contributed by atoms with Crippen molar-refractivity contribution in [3.05, 3.63) is 120 Å². The van der Waals surface area contributed by atoms with Gasteiger partial charge in [0, 0.05) is 23.2 Å². The molecule has 5 aromatic rings. The average Bonchev–Trinajstić information content (AvgIpc) is 3.40. The van der Waals surface area contributed by atoms with Crippen molar-refractivity contribution in [3.63, 3.8) is 0 Å². The predicted molar refractivity (Wildman–Crippen MR) is 166 cm³/mol. The van der Waals surface area contributed by atoms with Crippen LogP contribution < -0.4 is 16.0 Å². The molecule has 0 bridgehead atoms. The normalized spacial score (nSPS) is 12.5. The molecular formula is C30H28Cl2FN5O4S. The Hall–Kier alpha value is -3.93. The zero-order chi connectivity index (χ0) is 30.9. The maximum absolute atomic E-state index is 14.8. The Morgan fingerprint density at radius 1 is 1.02 bits per heavy atom. The van der Waals surface area contributed by atoms with E-state index in [1.54, 1.807) is 49.4 Å². The molecule has 3 aromatic carbocycles. The minimum atomic E-state index is -4.04. The summed E-state index contributed by atoms with van der Waals surface area (Å²) >= 11 is 12.2. The Morgan fingerprint density at radius 3 is 2.44 bits per heavy atom. The quantitative estimate of drug-likeness (QED) is 0.168. The Labute approximate surface area is 256 Å². The number of H-pyrrole nitrogens is 2. The molecule has 0 spiro atoms. The van der Waals surface area contributed by atoms with Crippen molar-refractivity contribution < 1.29 is 12.8 Å². The number of nitrogens with zero attached hydrogens (tertiary/aromatic N) is 2. The Bertz CT molecular complexity index is 2040. The molecule has 1 atom stereocenters. The van der Waals surface area contributed by atoms with Crippen LogP contribution in [0.1, 0.15) is 48.2 Å². The van der Waals surface area contributed by atoms with Gasteiger partial charge in [0.2, 0.25) is 0 Å². The summed E-state index contributed by atoms with van der Waals surface area (Å²) < 4.78 is 45.0. The van der Waals surface area contributed by atoms with Crippen molar-refractivity contribution >= 4 is 50.1 Å². The molecule has 0 radical (unpaired) electrons. The maximum Gasteiger partial charge on any atom is 0.330 e. The number of aryl methyl sites for hydroxylation is 2. The highest BCUT2D eigenvalue weighted by molar-refractivity contribution is 7.92. The van der Waals surface area contributed by atoms with Crippen molar-refractivity contribution in [2.75, 3.05) is 4.72 Å². The lowest BCUT2D eigenvalue weighted by atomic mass is 9.91. The predicted octanol–water partition coefficient (Wildman–Crippen LogP) is 6.14. The molecule has 1 unspecified atom stereocenters. The van der Waals surface area contributed by atoms with E-state index in [0.717, 1.165) is 6.42 Å². The Kier molecular flexibility index (Phi) is 8.77. The summed E-state index contributed by atoms with van der Waals surface area (Å²) in [4.78, 5) is 35.2. The van der Waals surface area contributed by atoms with Gasteiger partial charge in [-0.3, -0.25) is 19.1 Å². The molecule has 13 heteroatoms. The fourth-order valence-corrected chi connectivity index (χ4v) is 6.73. The number of aromatic nitrogens is 4. The van der Waals surface area contributed by atoms with Crippen molar-refractivity contribution in [1.82, 2.24) is 19.5 Å². The molecule has 43 heavy (non-hydrogen) atoms. The van der Waals surface area contributed by atoms with Crippen molar-refractivity contribution in [2.24, 2.45) is 0 Å². The lowest BCUT2D eigenvalue weighted by Gasteiger charge is -2.17. The van der Waals surface area contributed by atoms with Crippen LogP contribution in [0.2, 0.25) is 10.0 Å². The van der Waals surface area contributed by atoms with Gasteiger partial charge in [-0.15, -0.1) is 0 Å². The number of rotatable bonds is 10. The molecule has 224 valence electrons. The minimum Gasteiger partial charge on any atom is -0.336 e. The molecule has 9 nitrogen and oxygen atoms in total. The smallest absolute Gasteiger partial charge is 0.330 e. The molecule has 0 aliphatic heterocycles. The number of halogens is 3. The average molecular weight is 645 g/mol. The van der Waals surface area contributed by atoms with Gasteiger partial charge in [-0.2, -0.15) is 0 Å². The van der Waals surface area contributed by atoms with E-state index < -0.39 is 33.0 Å². The van der Waals surface area contributed by atoms with Crippen LogP contribution in [0, 0.1) is 12.7 Å². The second-order valence-electron chi connectivity index (χ2n) is 10.2. The van der Waals surface area contributed by atoms with E-state index >= 15 is 0 Å². The SMILES string of the molecule is CCCCn1c(=O)[nH]c(=O)c2[nH]c(C(Cc3ccccc3F)c3ccc(NS(=O)(=O)c4cc(C)c(Cl)cc4Cl)cc3)nc21. The number of hydrogen-bond donors (Lipinski definition) is 3. The van der Waals surface area contributed by atoms with Crippen LogP contribution in [-0.2, 0) is 23.0 Å². The van der Waals surface area contributed by atoms with Crippen LogP contribution in [0.5, 0.6) is 0 Å². The monoisotopic (exact) mass is 643 g/mol. The van der Waals surface area contributed by atoms with Gasteiger partial charge >= 0.3 is 5.69 Å². The van der Waals surface area contributed by atoms with Gasteiger partial charge in [0.25, 0.3) is 15.6 Å². The molecule has 2 aromatic heterocycles. The zero-order valence-corrected chi connectivity index (χ0v) is 25.6. The van der Waals surface area contributed by atoms with Crippen molar-refractivity contribution in [3.8, 4) is 0 Å². The number of anilines is 1. The van der Waals surface area contributed by atoms with Crippen molar-refractivity contribution in [2.45, 2.75) is 50.5 Å². The summed E-state index contributed by atoms with van der Waals surface area (Å²) in [6.07, 6.45) is 1.72. The lowest BCUT2D eigenvalue weighted by molar-refractivity contribution is 0.597. The summed E-state index contributed by atoms with van der Waals surface area (Å²) in [5.41, 5.74) is 1.12. The molecule has 5 rings (SSSR count). The third kappa shape index (κ3) is 6.39. The molecule has 3 N–H and O–H groups in total. The molecule has 0 aliphatic carbocycles. The van der Waals surface area contributed by atoms with Gasteiger partial charge < -0.3 is 4.98 Å². The van der Waals surface area contributed by atoms with E-state index in [0.29, 0.717) is 40.5 Å². The van der Waals surface area contributed by atoms with E-state index in [1.807, 2.05) is 6.92 Å². The second-order valence-corrected chi connectivity index (χ2v) is 12.7. The van der Waals surface area contributed by atoms with Crippen LogP contribution in [0.25, 0.3) is 11.2 Å². The summed E-state index contributed by atoms with van der Waals surface area (Å²) in [7, 11) is -4.04. The summed E-state index contributed by atoms with van der Waals surface area (Å²) in [5.74, 6) is -0.616. The number of sulfonamides is 1. The fraction of sp³-hybridized carbons (Fsp3) is 0.233. The van der Waals surface area contributed by atoms with Crippen LogP contribution in [0.15, 0.2) is 75.1 Å². The highest BCUT2D eigenvalue weighted by Gasteiger charge is 2.24. The molecule has 0 aliphatic rings. The number of imidazole rings is 1. The van der Waals surface area contributed by atoms with Crippen LogP contribution in [0.3, 0.4) is 0 Å². The van der Waals surface area contributed by atoms with Gasteiger partial charge in [0.05, 0.1) is 5.02 Å². The number of aromatic amines is 2. The van der Waals surface area contributed by atoms with Gasteiger partial charge in [0.15, 0.2) is 5.65 Å². The van der Waals surface area contributed by atoms with Gasteiger partial charge in [-0.1, -0.05) is 66.9 Å². The third-order valence-corrected chi connectivity index (χ3v) is 9.42. The molecule has 0 fully saturated rings. The highest BCUT2D eigenvalue weighted by atomic mass is 35.5. The van der Waals surface area contributed by atoms with Crippen LogP contribution >= 0.6 is 23.2 Å². The van der Waals surface area contributed by atoms with E-state index in [1.165, 1.54) is 22.8 Å². The van der Waals surface area contributed by atoms with Gasteiger partial charge in [-0.05, 0) is 66.8 Å². The van der Waals surface area contributed by atoms with Crippen LogP contribution in [0.4, 0.5) is 10.1 Å². The standard InChI is InChI=1S/C30H28Cl2FN5O4S/c1-3-4-13-38-28-26(29(39)36-30(38)40)34-27(35-28)21(15-19-7-5-6-8-24(19)33)18-9-11-20(12-10-18)37-43(41,42)25-14-17(2)22(31)16-23(25)32/h5-12,14,16,21,37H,3-4,13,15H2,1-2H3,(H,34,35)(H,36,39,40). The summed E-state index contributed by atoms with van der Waals surface area (Å²) in [5, 5.41) is 0.339. The summed E-state index contributed by atoms with van der Waals surface area (Å²) in [6.45, 7) is 4.04. The minimum absolute atomic E-state index is 0.0121. The molecule has 0 saturated carbocycles. The van der Waals surface area contributed by atoms with Crippen LogP contribution in [-0.4, -0.2) is 27.9 Å². The first-order chi connectivity index (χ1) is 20.5. The van der Waals surface area contributed by atoms with Gasteiger partial charge in [0.1, 0.15) is 22.1 Å². The molecular weight excluding hydrogens is 616 g/mol. The number of nitrogens with one attached hydrogen (secondary N) is 3. The first kappa shape index (κ1) is 30.5. The number of benzene rings is 3. The summed E-state index contributed by atoms with van der Waals surface area (Å²) in [6, 6.07) is 15.7. The fourth-order valence-electron chi connectivity index (χ4n) is 4.83. The molecule has 0 saturated heterocycles. The van der Waals surface area contributed by atoms with E-state index in [9.17, 15) is 22.4 Å². The lowest BCUT2D eigenvalue weighted by Crippen LogP contribution is -2.30. The molecule has 0 amide bonds. The Morgan fingerprint density at radius 2 is 1.74 bits per heavy atom. The zero-order valence-electron chi connectivity index (χ0n) is 23.2. The van der Waals surface area contributed by atoms with Gasteiger partial charge in [-0.25, -0.2) is 22.6 Å². The highest BCUT2D eigenvalue weighted by Crippen LogP contribution is 2.32. The third-order valence-electron chi connectivity index (χ3n) is 7.17. The topological polar surface area (TPSA) is 130 Å². The van der Waals surface area contributed by atoms with E-state index in [2.05, 4.69) is 19.7 Å². The van der Waals surface area contributed by atoms with Crippen molar-refractivity contribution in [1.29, 1.82) is 0 Å². The Balaban J connectivity index is 1.55. The first-order valence-electron chi connectivity index (χ1n) is 13.5. The second kappa shape index (κ2) is 12.4. The number of hydrogen-bond acceptors (Lipinski definition) is 5. The number of unbranched alkanes of at least 4 members (excludes halogenated alkanes) is 1. The first-order valence-corrected chi connectivity index (χ1v) is 15.8. The number of fused-ring (bicyclic) bond motifs is 1. The molecule has 2 heterocycles. The van der Waals surface area contributed by atoms with E-state index in [-0.39, 0.29) is 33.2 Å². The largest absolute Gasteiger partial charge is 0.336 e. The van der Waals surface area contributed by atoms with E-state index in [4.69, 9.17) is 23.2 Å².